The van der Waals surface area contributed by atoms with E-state index in [1.165, 1.54) is 6.07 Å². The van der Waals surface area contributed by atoms with E-state index in [1.807, 2.05) is 0 Å². The van der Waals surface area contributed by atoms with Gasteiger partial charge in [0.05, 0.1) is 5.56 Å². The minimum atomic E-state index is -1.01. The maximum atomic E-state index is 10.9. The molecule has 0 aliphatic carbocycles. The zero-order valence-electron chi connectivity index (χ0n) is 8.29. The number of aromatic carboxylic acids is 1. The molecule has 1 aromatic carbocycles. The van der Waals surface area contributed by atoms with Gasteiger partial charge in [0, 0.05) is 6.20 Å². The predicted molar refractivity (Wildman–Crippen MR) is 58.4 cm³/mol. The zero-order chi connectivity index (χ0) is 11.4. The Bertz CT molecular complexity index is 518. The number of hydrogen-bond donors (Lipinski definition) is 2. The first-order chi connectivity index (χ1) is 7.77. The summed E-state index contributed by atoms with van der Waals surface area (Å²) in [6.45, 7) is 0. The van der Waals surface area contributed by atoms with Gasteiger partial charge in [0.1, 0.15) is 5.69 Å². The number of H-pyrrole nitrogens is 1. The van der Waals surface area contributed by atoms with E-state index in [-0.39, 0.29) is 5.56 Å². The molecule has 0 unspecified atom stereocenters. The van der Waals surface area contributed by atoms with Crippen molar-refractivity contribution in [3.05, 3.63) is 48.2 Å². The second-order valence-electron chi connectivity index (χ2n) is 3.08. The fourth-order valence-electron chi connectivity index (χ4n) is 1.23. The van der Waals surface area contributed by atoms with Crippen LogP contribution in [0.4, 0.5) is 11.5 Å². The third-order valence-electron chi connectivity index (χ3n) is 1.98. The Morgan fingerprint density at radius 2 is 1.94 bits per heavy atom. The average Bonchev–Trinajstić information content (AvgIpc) is 2.79. The van der Waals surface area contributed by atoms with Gasteiger partial charge in [-0.2, -0.15) is 0 Å². The second-order valence-corrected chi connectivity index (χ2v) is 3.08. The summed E-state index contributed by atoms with van der Waals surface area (Å²) in [5, 5.41) is 16.7. The van der Waals surface area contributed by atoms with Gasteiger partial charge in [-0.25, -0.2) is 4.79 Å². The Hall–Kier alpha value is -2.43. The zero-order valence-corrected chi connectivity index (χ0v) is 8.29. The molecule has 0 atom stereocenters. The number of carboxylic acid groups (broad SMARTS) is 1. The highest BCUT2D eigenvalue weighted by molar-refractivity contribution is 5.93. The molecule has 0 bridgehead atoms. The van der Waals surface area contributed by atoms with Gasteiger partial charge in [-0.05, 0) is 24.3 Å². The van der Waals surface area contributed by atoms with E-state index >= 15 is 0 Å². The average molecular weight is 215 g/mol. The summed E-state index contributed by atoms with van der Waals surface area (Å²) in [5.41, 5.74) is 0.474. The Morgan fingerprint density at radius 3 is 2.62 bits per heavy atom. The number of aromatic amines is 1. The van der Waals surface area contributed by atoms with E-state index in [4.69, 9.17) is 5.11 Å². The van der Waals surface area contributed by atoms with E-state index < -0.39 is 5.97 Å². The van der Waals surface area contributed by atoms with Crippen LogP contribution < -0.4 is 0 Å². The second kappa shape index (κ2) is 4.39. The number of nitrogens with one attached hydrogen (secondary N) is 1. The van der Waals surface area contributed by atoms with Crippen LogP contribution in [0.2, 0.25) is 0 Å². The quantitative estimate of drug-likeness (QED) is 0.771. The molecule has 2 N–H and O–H groups in total. The molecule has 2 aromatic rings. The van der Waals surface area contributed by atoms with Crippen LogP contribution in [0.3, 0.4) is 0 Å². The standard InChI is InChI=1S/C11H9N3O2/c15-11(16)8-4-1-2-5-9(8)13-14-10-6-3-7-12-10/h1-7,12H,(H,15,16). The number of carbonyl (C=O) groups is 1. The normalized spacial score (nSPS) is 10.8. The van der Waals surface area contributed by atoms with Crippen LogP contribution in [0, 0.1) is 0 Å². The van der Waals surface area contributed by atoms with Gasteiger partial charge >= 0.3 is 5.97 Å². The van der Waals surface area contributed by atoms with Crippen LogP contribution in [0.1, 0.15) is 10.4 Å². The lowest BCUT2D eigenvalue weighted by atomic mass is 10.2. The molecule has 16 heavy (non-hydrogen) atoms. The summed E-state index contributed by atoms with van der Waals surface area (Å²) in [5.74, 6) is -0.429. The van der Waals surface area contributed by atoms with Crippen molar-refractivity contribution in [3.63, 3.8) is 0 Å². The van der Waals surface area contributed by atoms with Crippen LogP contribution in [0.15, 0.2) is 52.8 Å². The molecule has 1 aromatic heterocycles. The van der Waals surface area contributed by atoms with Crippen LogP contribution in [-0.2, 0) is 0 Å². The Kier molecular flexibility index (Phi) is 2.77. The fourth-order valence-corrected chi connectivity index (χ4v) is 1.23. The van der Waals surface area contributed by atoms with Crippen molar-refractivity contribution in [2.24, 2.45) is 10.2 Å². The highest BCUT2D eigenvalue weighted by Crippen LogP contribution is 2.21. The number of hydrogen-bond acceptors (Lipinski definition) is 3. The van der Waals surface area contributed by atoms with E-state index in [9.17, 15) is 4.79 Å². The molecular formula is C11H9N3O2. The molecule has 2 rings (SSSR count). The van der Waals surface area contributed by atoms with E-state index in [1.54, 1.807) is 36.5 Å². The Balaban J connectivity index is 2.31. The lowest BCUT2D eigenvalue weighted by molar-refractivity contribution is 0.0698. The number of azo groups is 1. The summed E-state index contributed by atoms with van der Waals surface area (Å²) < 4.78 is 0. The third-order valence-corrected chi connectivity index (χ3v) is 1.98. The minimum Gasteiger partial charge on any atom is -0.478 e. The van der Waals surface area contributed by atoms with Crippen LogP contribution in [-0.4, -0.2) is 16.1 Å². The predicted octanol–water partition coefficient (Wildman–Crippen LogP) is 3.13. The summed E-state index contributed by atoms with van der Waals surface area (Å²) in [6, 6.07) is 10.00. The molecule has 0 amide bonds. The van der Waals surface area contributed by atoms with Crippen molar-refractivity contribution in [3.8, 4) is 0 Å². The van der Waals surface area contributed by atoms with Crippen molar-refractivity contribution in [1.82, 2.24) is 4.98 Å². The lowest BCUT2D eigenvalue weighted by Crippen LogP contribution is -1.95. The summed E-state index contributed by atoms with van der Waals surface area (Å²) in [6.07, 6.45) is 1.72. The van der Waals surface area contributed by atoms with Crippen LogP contribution >= 0.6 is 0 Å². The van der Waals surface area contributed by atoms with Gasteiger partial charge in [0.15, 0.2) is 5.82 Å². The summed E-state index contributed by atoms with van der Waals surface area (Å²) in [4.78, 5) is 13.7. The Labute approximate surface area is 91.5 Å². The van der Waals surface area contributed by atoms with E-state index in [0.29, 0.717) is 11.5 Å². The molecule has 80 valence electrons. The van der Waals surface area contributed by atoms with Gasteiger partial charge in [0.2, 0.25) is 0 Å². The summed E-state index contributed by atoms with van der Waals surface area (Å²) in [7, 11) is 0. The number of rotatable bonds is 3. The molecule has 0 fully saturated rings. The summed E-state index contributed by atoms with van der Waals surface area (Å²) >= 11 is 0. The largest absolute Gasteiger partial charge is 0.478 e. The van der Waals surface area contributed by atoms with Gasteiger partial charge < -0.3 is 10.1 Å². The minimum absolute atomic E-state index is 0.137. The fraction of sp³-hybridized carbons (Fsp3) is 0. The number of carboxylic acids is 1. The lowest BCUT2D eigenvalue weighted by Gasteiger charge is -1.97. The highest BCUT2D eigenvalue weighted by Gasteiger charge is 2.07. The van der Waals surface area contributed by atoms with Crippen molar-refractivity contribution >= 4 is 17.5 Å². The van der Waals surface area contributed by atoms with E-state index in [2.05, 4.69) is 15.2 Å². The first-order valence-corrected chi connectivity index (χ1v) is 4.65. The molecule has 0 radical (unpaired) electrons. The van der Waals surface area contributed by atoms with Gasteiger partial charge in [-0.3, -0.25) is 0 Å². The SMILES string of the molecule is O=C(O)c1ccccc1N=Nc1ccc[nH]1. The van der Waals surface area contributed by atoms with Gasteiger partial charge in [0.25, 0.3) is 0 Å². The molecular weight excluding hydrogens is 206 g/mol. The molecule has 0 aliphatic rings. The molecule has 0 saturated heterocycles. The van der Waals surface area contributed by atoms with Crippen LogP contribution in [0.5, 0.6) is 0 Å². The van der Waals surface area contributed by atoms with Crippen molar-refractivity contribution < 1.29 is 9.90 Å². The first kappa shape index (κ1) is 10.1. The topological polar surface area (TPSA) is 77.8 Å². The van der Waals surface area contributed by atoms with Gasteiger partial charge in [-0.15, -0.1) is 10.2 Å². The number of nitrogens with zero attached hydrogens (tertiary/aromatic N) is 2. The molecule has 0 spiro atoms. The molecule has 0 aliphatic heterocycles. The molecule has 5 heteroatoms. The maximum absolute atomic E-state index is 10.9. The molecule has 5 nitrogen and oxygen atoms in total. The van der Waals surface area contributed by atoms with Gasteiger partial charge in [-0.1, -0.05) is 12.1 Å². The maximum Gasteiger partial charge on any atom is 0.337 e. The molecule has 1 heterocycles. The smallest absolute Gasteiger partial charge is 0.337 e. The number of benzene rings is 1. The third kappa shape index (κ3) is 2.14. The van der Waals surface area contributed by atoms with Crippen molar-refractivity contribution in [2.75, 3.05) is 0 Å². The van der Waals surface area contributed by atoms with Crippen LogP contribution in [0.25, 0.3) is 0 Å². The Morgan fingerprint density at radius 1 is 1.12 bits per heavy atom. The number of aromatic nitrogens is 1. The van der Waals surface area contributed by atoms with E-state index in [0.717, 1.165) is 0 Å². The highest BCUT2D eigenvalue weighted by atomic mass is 16.4. The van der Waals surface area contributed by atoms with Crippen molar-refractivity contribution in [2.45, 2.75) is 0 Å². The molecule has 0 saturated carbocycles. The monoisotopic (exact) mass is 215 g/mol. The first-order valence-electron chi connectivity index (χ1n) is 4.65. The van der Waals surface area contributed by atoms with Crippen molar-refractivity contribution in [1.29, 1.82) is 0 Å².